The first-order valence-electron chi connectivity index (χ1n) is 13.8. The van der Waals surface area contributed by atoms with Crippen molar-refractivity contribution in [2.75, 3.05) is 25.0 Å². The minimum absolute atomic E-state index is 0.162. The van der Waals surface area contributed by atoms with Crippen LogP contribution in [0.2, 0.25) is 0 Å². The fourth-order valence-corrected chi connectivity index (χ4v) is 6.02. The maximum Gasteiger partial charge on any atom is 0.291 e. The Morgan fingerprint density at radius 2 is 1.81 bits per heavy atom. The van der Waals surface area contributed by atoms with Gasteiger partial charge < -0.3 is 15.1 Å². The number of likely N-dealkylation sites (tertiary alicyclic amines) is 1. The van der Waals surface area contributed by atoms with Crippen LogP contribution in [0.5, 0.6) is 0 Å². The molecule has 1 aliphatic heterocycles. The van der Waals surface area contributed by atoms with E-state index in [4.69, 9.17) is 9.97 Å². The minimum Gasteiger partial charge on any atom is -0.333 e. The van der Waals surface area contributed by atoms with E-state index in [0.717, 1.165) is 11.1 Å². The standard InChI is InChI=1S/C31H26FN9OS/c1-3-24-29(39(2)31-38-27(25(12-33)43-31)18-4-7-21(32)8-5-18)41-15-19(6-11-26(41)37-24)20-13-34-28(35-14-20)30(42)40-16-23(17-40)36-22-9-10-22/h3-8,11,13-15,22-23,36H,1,9-10,16-17H2,2H3. The van der Waals surface area contributed by atoms with Crippen molar-refractivity contribution >= 4 is 39.9 Å². The largest absolute Gasteiger partial charge is 0.333 e. The molecule has 1 amide bonds. The number of hydrogen-bond donors (Lipinski definition) is 1. The molecule has 0 spiro atoms. The normalized spacial score (nSPS) is 14.9. The van der Waals surface area contributed by atoms with Crippen molar-refractivity contribution < 1.29 is 9.18 Å². The average molecular weight is 592 g/mol. The van der Waals surface area contributed by atoms with Gasteiger partial charge in [0.25, 0.3) is 5.91 Å². The molecule has 1 N–H and O–H groups in total. The summed E-state index contributed by atoms with van der Waals surface area (Å²) in [5.74, 6) is 0.367. The number of nitrogens with zero attached hydrogens (tertiary/aromatic N) is 8. The van der Waals surface area contributed by atoms with Crippen LogP contribution in [-0.4, -0.2) is 67.4 Å². The highest BCUT2D eigenvalue weighted by Crippen LogP contribution is 2.37. The van der Waals surface area contributed by atoms with Crippen LogP contribution < -0.4 is 10.2 Å². The van der Waals surface area contributed by atoms with Crippen molar-refractivity contribution in [2.45, 2.75) is 24.9 Å². The number of rotatable bonds is 8. The van der Waals surface area contributed by atoms with E-state index in [1.54, 1.807) is 35.5 Å². The summed E-state index contributed by atoms with van der Waals surface area (Å²) in [7, 11) is 1.85. The zero-order valence-corrected chi connectivity index (χ0v) is 24.1. The summed E-state index contributed by atoms with van der Waals surface area (Å²) in [6.07, 6.45) is 9.35. The summed E-state index contributed by atoms with van der Waals surface area (Å²) in [6.45, 7) is 5.31. The van der Waals surface area contributed by atoms with Crippen molar-refractivity contribution in [1.29, 1.82) is 5.26 Å². The molecule has 0 bridgehead atoms. The number of amides is 1. The zero-order chi connectivity index (χ0) is 29.7. The lowest BCUT2D eigenvalue weighted by atomic mass is 10.1. The number of aromatic nitrogens is 5. The van der Waals surface area contributed by atoms with Gasteiger partial charge in [-0.25, -0.2) is 24.3 Å². The van der Waals surface area contributed by atoms with E-state index in [1.807, 2.05) is 34.7 Å². The van der Waals surface area contributed by atoms with Crippen LogP contribution in [0.1, 0.15) is 34.0 Å². The molecule has 12 heteroatoms. The second kappa shape index (κ2) is 10.7. The van der Waals surface area contributed by atoms with Gasteiger partial charge in [0.1, 0.15) is 39.6 Å². The summed E-state index contributed by atoms with van der Waals surface area (Å²) in [6, 6.07) is 12.9. The van der Waals surface area contributed by atoms with Crippen LogP contribution in [0.25, 0.3) is 34.1 Å². The number of pyridine rings is 1. The first-order chi connectivity index (χ1) is 20.9. The molecule has 1 saturated carbocycles. The molecule has 1 aromatic carbocycles. The van der Waals surface area contributed by atoms with Crippen LogP contribution in [0.15, 0.2) is 61.6 Å². The molecule has 0 atom stereocenters. The van der Waals surface area contributed by atoms with Crippen LogP contribution in [0.4, 0.5) is 15.3 Å². The Kier molecular flexibility index (Phi) is 6.68. The van der Waals surface area contributed by atoms with Gasteiger partial charge in [-0.2, -0.15) is 5.26 Å². The van der Waals surface area contributed by atoms with Crippen LogP contribution in [0.3, 0.4) is 0 Å². The molecule has 10 nitrogen and oxygen atoms in total. The quantitative estimate of drug-likeness (QED) is 0.271. The lowest BCUT2D eigenvalue weighted by Crippen LogP contribution is -2.60. The van der Waals surface area contributed by atoms with E-state index in [9.17, 15) is 14.4 Å². The lowest BCUT2D eigenvalue weighted by Gasteiger charge is -2.39. The lowest BCUT2D eigenvalue weighted by molar-refractivity contribution is 0.0552. The van der Waals surface area contributed by atoms with Crippen LogP contribution in [0, 0.1) is 17.1 Å². The van der Waals surface area contributed by atoms with Gasteiger partial charge in [0.15, 0.2) is 5.13 Å². The summed E-state index contributed by atoms with van der Waals surface area (Å²) in [4.78, 5) is 35.1. The Labute approximate surface area is 250 Å². The highest BCUT2D eigenvalue weighted by molar-refractivity contribution is 7.16. The Balaban J connectivity index is 1.17. The number of carbonyl (C=O) groups excluding carboxylic acids is 1. The number of benzene rings is 1. The third-order valence-corrected chi connectivity index (χ3v) is 8.68. The van der Waals surface area contributed by atoms with Crippen LogP contribution in [-0.2, 0) is 0 Å². The number of halogens is 1. The topological polar surface area (TPSA) is 115 Å². The predicted octanol–water partition coefficient (Wildman–Crippen LogP) is 4.91. The third kappa shape index (κ3) is 5.03. The summed E-state index contributed by atoms with van der Waals surface area (Å²) >= 11 is 1.24. The Bertz CT molecular complexity index is 1900. The highest BCUT2D eigenvalue weighted by atomic mass is 32.1. The molecule has 1 aliphatic carbocycles. The summed E-state index contributed by atoms with van der Waals surface area (Å²) < 4.78 is 15.4. The number of imidazole rings is 1. The number of anilines is 2. The SMILES string of the molecule is C=Cc1nc2ccc(-c3cnc(C(=O)N4CC(NC5CC5)C4)nc3)cn2c1N(C)c1nc(-c2ccc(F)cc2)c(C#N)s1. The van der Waals surface area contributed by atoms with Crippen molar-refractivity contribution in [3.63, 3.8) is 0 Å². The smallest absolute Gasteiger partial charge is 0.291 e. The molecule has 2 fully saturated rings. The number of fused-ring (bicyclic) bond motifs is 1. The van der Waals surface area contributed by atoms with Gasteiger partial charge in [-0.05, 0) is 55.3 Å². The molecule has 2 aliphatic rings. The zero-order valence-electron chi connectivity index (χ0n) is 23.2. The fourth-order valence-electron chi connectivity index (χ4n) is 5.18. The molecular weight excluding hydrogens is 565 g/mol. The van der Waals surface area contributed by atoms with Gasteiger partial charge >= 0.3 is 0 Å². The van der Waals surface area contributed by atoms with Gasteiger partial charge in [0.05, 0.1) is 0 Å². The van der Waals surface area contributed by atoms with Gasteiger partial charge in [0.2, 0.25) is 5.82 Å². The molecule has 0 unspecified atom stereocenters. The van der Waals surface area contributed by atoms with Gasteiger partial charge in [-0.15, -0.1) is 0 Å². The van der Waals surface area contributed by atoms with Gasteiger partial charge in [-0.1, -0.05) is 17.9 Å². The number of hydrogen-bond acceptors (Lipinski definition) is 9. The first-order valence-corrected chi connectivity index (χ1v) is 14.7. The Morgan fingerprint density at radius 1 is 1.09 bits per heavy atom. The molecule has 4 aromatic heterocycles. The number of nitriles is 1. The Morgan fingerprint density at radius 3 is 2.49 bits per heavy atom. The maximum atomic E-state index is 13.5. The first kappa shape index (κ1) is 26.9. The third-order valence-electron chi connectivity index (χ3n) is 7.65. The Hall–Kier alpha value is -4.99. The van der Waals surface area contributed by atoms with E-state index < -0.39 is 0 Å². The van der Waals surface area contributed by atoms with E-state index in [-0.39, 0.29) is 17.5 Å². The van der Waals surface area contributed by atoms with Crippen molar-refractivity contribution in [2.24, 2.45) is 0 Å². The number of carbonyl (C=O) groups is 1. The molecule has 214 valence electrons. The second-order valence-electron chi connectivity index (χ2n) is 10.7. The van der Waals surface area contributed by atoms with E-state index in [1.165, 1.54) is 36.3 Å². The monoisotopic (exact) mass is 591 g/mol. The van der Waals surface area contributed by atoms with Crippen molar-refractivity contribution in [1.82, 2.24) is 34.6 Å². The van der Waals surface area contributed by atoms with Gasteiger partial charge in [0, 0.05) is 67.5 Å². The number of nitrogens with one attached hydrogen (secondary N) is 1. The molecule has 0 radical (unpaired) electrons. The summed E-state index contributed by atoms with van der Waals surface area (Å²) in [5, 5.41) is 13.9. The predicted molar refractivity (Wildman–Crippen MR) is 162 cm³/mol. The molecule has 5 aromatic rings. The fraction of sp³-hybridized carbons (Fsp3) is 0.226. The molecule has 1 saturated heterocycles. The number of thiazole rings is 1. The summed E-state index contributed by atoms with van der Waals surface area (Å²) in [5.41, 5.74) is 4.05. The van der Waals surface area contributed by atoms with Crippen molar-refractivity contribution in [3.8, 4) is 28.5 Å². The molecular formula is C31H26FN9OS. The molecule has 7 rings (SSSR count). The molecule has 5 heterocycles. The maximum absolute atomic E-state index is 13.5. The van der Waals surface area contributed by atoms with E-state index >= 15 is 0 Å². The minimum atomic E-state index is -0.357. The van der Waals surface area contributed by atoms with Crippen molar-refractivity contribution in [3.05, 3.63) is 83.8 Å². The molecule has 43 heavy (non-hydrogen) atoms. The van der Waals surface area contributed by atoms with Crippen LogP contribution >= 0.6 is 11.3 Å². The van der Waals surface area contributed by atoms with Gasteiger partial charge in [-0.3, -0.25) is 9.20 Å². The van der Waals surface area contributed by atoms with E-state index in [2.05, 4.69) is 27.9 Å². The van der Waals surface area contributed by atoms with E-state index in [0.29, 0.717) is 63.6 Å². The second-order valence-corrected chi connectivity index (χ2v) is 11.6. The average Bonchev–Trinajstić information content (AvgIpc) is 3.60. The highest BCUT2D eigenvalue weighted by Gasteiger charge is 2.35.